The number of phenols is 1. The average molecular weight is 539 g/mol. The molecule has 0 aliphatic carbocycles. The maximum Gasteiger partial charge on any atom is 0.239 e. The molecule has 2 heterocycles. The number of hydrogen-bond acceptors (Lipinski definition) is 6. The monoisotopic (exact) mass is 538 g/mol. The highest BCUT2D eigenvalue weighted by Gasteiger charge is 2.46. The first-order valence-electron chi connectivity index (χ1n) is 13.7. The smallest absolute Gasteiger partial charge is 0.239 e. The lowest BCUT2D eigenvalue weighted by Crippen LogP contribution is -2.57. The van der Waals surface area contributed by atoms with Gasteiger partial charge in [-0.2, -0.15) is 0 Å². The van der Waals surface area contributed by atoms with Crippen LogP contribution in [0, 0.1) is 24.6 Å². The number of piperazine rings is 1. The number of halogens is 1. The summed E-state index contributed by atoms with van der Waals surface area (Å²) in [7, 11) is 4.06. The number of aromatic hydroxyl groups is 1. The van der Waals surface area contributed by atoms with E-state index in [-0.39, 0.29) is 35.7 Å². The minimum absolute atomic E-state index is 0.0114. The molecule has 2 aliphatic rings. The minimum atomic E-state index is -0.637. The van der Waals surface area contributed by atoms with E-state index in [1.807, 2.05) is 20.2 Å². The Morgan fingerprint density at radius 3 is 2.56 bits per heavy atom. The van der Waals surface area contributed by atoms with E-state index in [4.69, 9.17) is 0 Å². The number of unbranched alkanes of at least 4 members (excludes halogenated alkanes) is 1. The van der Waals surface area contributed by atoms with Gasteiger partial charge in [0.15, 0.2) is 5.78 Å². The summed E-state index contributed by atoms with van der Waals surface area (Å²) in [6.07, 6.45) is 1.88. The fourth-order valence-corrected chi connectivity index (χ4v) is 5.92. The lowest BCUT2D eigenvalue weighted by molar-refractivity contribution is -0.144. The molecule has 2 aromatic carbocycles. The zero-order valence-corrected chi connectivity index (χ0v) is 23.0. The lowest BCUT2D eigenvalue weighted by Gasteiger charge is -2.45. The first-order chi connectivity index (χ1) is 18.7. The third kappa shape index (κ3) is 6.83. The number of ketones is 1. The van der Waals surface area contributed by atoms with Gasteiger partial charge in [0.05, 0.1) is 12.5 Å². The third-order valence-corrected chi connectivity index (χ3v) is 7.91. The standard InChI is InChI=1S/C30H39FN4O4/c1-20-23(10-7-11-26(20)31)28-24(29(38)21-8-6-9-22(36)16-21)17-34(14-5-4-13-33(2)3)18-25(28)30(39)35-15-12-32-27(37)19-35/h6-11,16,24-25,28,36H,4-5,12-15,17-19H2,1-3H3,(H,32,37)/t24-,25+,28+/m0/s1. The van der Waals surface area contributed by atoms with Crippen LogP contribution >= 0.6 is 0 Å². The summed E-state index contributed by atoms with van der Waals surface area (Å²) in [5.74, 6) is -2.83. The van der Waals surface area contributed by atoms with E-state index in [2.05, 4.69) is 15.1 Å². The van der Waals surface area contributed by atoms with Crippen LogP contribution in [-0.2, 0) is 9.59 Å². The van der Waals surface area contributed by atoms with Crippen molar-refractivity contribution in [3.63, 3.8) is 0 Å². The summed E-state index contributed by atoms with van der Waals surface area (Å²) in [5.41, 5.74) is 1.42. The van der Waals surface area contributed by atoms with Crippen LogP contribution in [0.2, 0.25) is 0 Å². The first-order valence-corrected chi connectivity index (χ1v) is 13.7. The highest BCUT2D eigenvalue weighted by molar-refractivity contribution is 6.00. The molecule has 0 spiro atoms. The van der Waals surface area contributed by atoms with E-state index in [1.54, 1.807) is 30.0 Å². The van der Waals surface area contributed by atoms with Gasteiger partial charge in [-0.1, -0.05) is 24.3 Å². The van der Waals surface area contributed by atoms with E-state index in [1.165, 1.54) is 18.2 Å². The number of carbonyl (C=O) groups is 3. The minimum Gasteiger partial charge on any atom is -0.508 e. The Morgan fingerprint density at radius 1 is 1.10 bits per heavy atom. The highest BCUT2D eigenvalue weighted by atomic mass is 19.1. The molecule has 2 saturated heterocycles. The van der Waals surface area contributed by atoms with Gasteiger partial charge >= 0.3 is 0 Å². The summed E-state index contributed by atoms with van der Waals surface area (Å²) in [6.45, 7) is 4.92. The molecule has 2 amide bonds. The van der Waals surface area contributed by atoms with Crippen LogP contribution in [0.25, 0.3) is 0 Å². The molecule has 2 aromatic rings. The Kier molecular flexibility index (Phi) is 9.35. The molecule has 39 heavy (non-hydrogen) atoms. The van der Waals surface area contributed by atoms with Crippen molar-refractivity contribution < 1.29 is 23.9 Å². The summed E-state index contributed by atoms with van der Waals surface area (Å²) < 4.78 is 14.8. The zero-order valence-electron chi connectivity index (χ0n) is 23.0. The van der Waals surface area contributed by atoms with Gasteiger partial charge in [0.25, 0.3) is 0 Å². The molecule has 9 heteroatoms. The number of likely N-dealkylation sites (tertiary alicyclic amines) is 1. The van der Waals surface area contributed by atoms with Crippen molar-refractivity contribution in [2.24, 2.45) is 11.8 Å². The molecule has 3 atom stereocenters. The lowest BCUT2D eigenvalue weighted by atomic mass is 9.69. The number of carbonyl (C=O) groups excluding carboxylic acids is 3. The van der Waals surface area contributed by atoms with Gasteiger partial charge in [-0.05, 0) is 76.3 Å². The molecule has 0 radical (unpaired) electrons. The number of piperidine rings is 1. The van der Waals surface area contributed by atoms with Crippen LogP contribution in [-0.4, -0.2) is 97.3 Å². The number of hydrogen-bond donors (Lipinski definition) is 2. The number of amides is 2. The van der Waals surface area contributed by atoms with Crippen LogP contribution in [0.3, 0.4) is 0 Å². The number of nitrogens with one attached hydrogen (secondary N) is 1. The van der Waals surface area contributed by atoms with Gasteiger partial charge in [-0.25, -0.2) is 4.39 Å². The van der Waals surface area contributed by atoms with Gasteiger partial charge in [0.2, 0.25) is 11.8 Å². The molecule has 210 valence electrons. The number of phenolic OH excluding ortho intramolecular Hbond substituents is 1. The van der Waals surface area contributed by atoms with Crippen molar-refractivity contribution in [2.75, 3.05) is 59.9 Å². The van der Waals surface area contributed by atoms with Gasteiger partial charge in [-0.15, -0.1) is 0 Å². The molecule has 0 unspecified atom stereocenters. The Bertz CT molecular complexity index is 1200. The SMILES string of the molecule is Cc1c(F)cccc1[C@@H]1[C@@H](C(=O)c2cccc(O)c2)CN(CCCCN(C)C)C[C@H]1C(=O)N1CCNC(=O)C1. The van der Waals surface area contributed by atoms with Gasteiger partial charge in [0.1, 0.15) is 11.6 Å². The summed E-state index contributed by atoms with van der Waals surface area (Å²) in [4.78, 5) is 46.1. The van der Waals surface area contributed by atoms with Gasteiger partial charge in [-0.3, -0.25) is 14.4 Å². The maximum absolute atomic E-state index is 14.8. The summed E-state index contributed by atoms with van der Waals surface area (Å²) in [5, 5.41) is 12.8. The predicted molar refractivity (Wildman–Crippen MR) is 147 cm³/mol. The fraction of sp³-hybridized carbons (Fsp3) is 0.500. The van der Waals surface area contributed by atoms with Crippen molar-refractivity contribution in [1.29, 1.82) is 0 Å². The third-order valence-electron chi connectivity index (χ3n) is 7.91. The van der Waals surface area contributed by atoms with E-state index in [9.17, 15) is 23.9 Å². The van der Waals surface area contributed by atoms with Crippen molar-refractivity contribution in [3.8, 4) is 5.75 Å². The van der Waals surface area contributed by atoms with Gasteiger partial charge < -0.3 is 25.1 Å². The Labute approximate surface area is 229 Å². The van der Waals surface area contributed by atoms with Crippen molar-refractivity contribution >= 4 is 17.6 Å². The quantitative estimate of drug-likeness (QED) is 0.377. The Morgan fingerprint density at radius 2 is 1.85 bits per heavy atom. The van der Waals surface area contributed by atoms with E-state index >= 15 is 0 Å². The van der Waals surface area contributed by atoms with Crippen LogP contribution < -0.4 is 5.32 Å². The summed E-state index contributed by atoms with van der Waals surface area (Å²) in [6, 6.07) is 11.1. The number of rotatable bonds is 9. The fourth-order valence-electron chi connectivity index (χ4n) is 5.92. The Hall–Kier alpha value is -3.30. The van der Waals surface area contributed by atoms with E-state index < -0.39 is 17.8 Å². The summed E-state index contributed by atoms with van der Waals surface area (Å²) >= 11 is 0. The Balaban J connectivity index is 1.74. The highest BCUT2D eigenvalue weighted by Crippen LogP contribution is 2.42. The van der Waals surface area contributed by atoms with E-state index in [0.29, 0.717) is 42.9 Å². The first kappa shape index (κ1) is 28.7. The van der Waals surface area contributed by atoms with Crippen molar-refractivity contribution in [3.05, 3.63) is 65.0 Å². The van der Waals surface area contributed by atoms with Crippen LogP contribution in [0.15, 0.2) is 42.5 Å². The normalized spacial score (nSPS) is 22.1. The van der Waals surface area contributed by atoms with Crippen LogP contribution in [0.4, 0.5) is 4.39 Å². The van der Waals surface area contributed by atoms with Crippen LogP contribution in [0.1, 0.15) is 40.2 Å². The molecule has 0 bridgehead atoms. The molecular formula is C30H39FN4O4. The average Bonchev–Trinajstić information content (AvgIpc) is 2.91. The molecule has 0 aromatic heterocycles. The number of Topliss-reactive ketones (excluding diaryl/α,β-unsaturated/α-hetero) is 1. The second-order valence-electron chi connectivity index (χ2n) is 11.0. The van der Waals surface area contributed by atoms with Crippen molar-refractivity contribution in [2.45, 2.75) is 25.7 Å². The van der Waals surface area contributed by atoms with Gasteiger partial charge in [0, 0.05) is 43.6 Å². The largest absolute Gasteiger partial charge is 0.508 e. The molecule has 2 fully saturated rings. The van der Waals surface area contributed by atoms with Crippen molar-refractivity contribution in [1.82, 2.24) is 20.0 Å². The second-order valence-corrected chi connectivity index (χ2v) is 11.0. The molecular weight excluding hydrogens is 499 g/mol. The zero-order chi connectivity index (χ0) is 28.1. The number of benzene rings is 2. The van der Waals surface area contributed by atoms with E-state index in [0.717, 1.165) is 25.9 Å². The van der Waals surface area contributed by atoms with Crippen LogP contribution in [0.5, 0.6) is 5.75 Å². The molecule has 0 saturated carbocycles. The molecule has 8 nitrogen and oxygen atoms in total. The molecule has 4 rings (SSSR count). The predicted octanol–water partition coefficient (Wildman–Crippen LogP) is 2.65. The molecule has 2 N–H and O–H groups in total. The topological polar surface area (TPSA) is 93.2 Å². The number of nitrogens with zero attached hydrogens (tertiary/aromatic N) is 3. The maximum atomic E-state index is 14.8. The second kappa shape index (κ2) is 12.7. The molecule has 2 aliphatic heterocycles.